The number of hydrogen-bond donors (Lipinski definition) is 0. The van der Waals surface area contributed by atoms with Gasteiger partial charge in [-0.15, -0.1) is 0 Å². The number of nitrogens with zero attached hydrogens (tertiary/aromatic N) is 1. The van der Waals surface area contributed by atoms with Crippen molar-refractivity contribution in [2.24, 2.45) is 4.99 Å². The average molecular weight is 209 g/mol. The number of aliphatic imine (C=N–C) groups is 1. The third-order valence-electron chi connectivity index (χ3n) is 1.62. The fourth-order valence-corrected chi connectivity index (χ4v) is 0.989. The molecule has 0 saturated heterocycles. The molecule has 0 heterocycles. The van der Waals surface area contributed by atoms with Gasteiger partial charge < -0.3 is 4.74 Å². The van der Waals surface area contributed by atoms with E-state index in [4.69, 9.17) is 4.74 Å². The molecule has 4 nitrogen and oxygen atoms in total. The minimum Gasteiger partial charge on any atom is -0.462 e. The number of isocyanates is 1. The van der Waals surface area contributed by atoms with Crippen LogP contribution in [-0.4, -0.2) is 18.7 Å². The van der Waals surface area contributed by atoms with Gasteiger partial charge in [-0.1, -0.05) is 0 Å². The molecule has 1 rings (SSSR count). The van der Waals surface area contributed by atoms with Gasteiger partial charge in [-0.3, -0.25) is 0 Å². The molecule has 0 fully saturated rings. The van der Waals surface area contributed by atoms with E-state index >= 15 is 0 Å². The molecule has 0 bridgehead atoms. The SMILES string of the molecule is CCOC(=O)c1ccc(F)c(N=C=O)c1. The highest BCUT2D eigenvalue weighted by atomic mass is 19.1. The molecule has 0 N–H and O–H groups in total. The lowest BCUT2D eigenvalue weighted by Crippen LogP contribution is -2.04. The van der Waals surface area contributed by atoms with Crippen LogP contribution in [0.1, 0.15) is 17.3 Å². The van der Waals surface area contributed by atoms with Crippen LogP contribution >= 0.6 is 0 Å². The predicted molar refractivity (Wildman–Crippen MR) is 50.1 cm³/mol. The number of hydrogen-bond acceptors (Lipinski definition) is 4. The fourth-order valence-electron chi connectivity index (χ4n) is 0.989. The number of halogens is 1. The van der Waals surface area contributed by atoms with Crippen LogP contribution in [0.2, 0.25) is 0 Å². The number of carbonyl (C=O) groups excluding carboxylic acids is 2. The highest BCUT2D eigenvalue weighted by Gasteiger charge is 2.09. The molecule has 0 spiro atoms. The maximum atomic E-state index is 13.0. The highest BCUT2D eigenvalue weighted by Crippen LogP contribution is 2.19. The molecule has 0 aliphatic heterocycles. The van der Waals surface area contributed by atoms with Crippen molar-refractivity contribution in [2.75, 3.05) is 6.61 Å². The van der Waals surface area contributed by atoms with Crippen molar-refractivity contribution in [3.63, 3.8) is 0 Å². The summed E-state index contributed by atoms with van der Waals surface area (Å²) < 4.78 is 17.7. The van der Waals surface area contributed by atoms with Gasteiger partial charge in [-0.2, -0.15) is 4.99 Å². The number of ether oxygens (including phenoxy) is 1. The molecular formula is C10H8FNO3. The second kappa shape index (κ2) is 5.02. The highest BCUT2D eigenvalue weighted by molar-refractivity contribution is 5.90. The Morgan fingerprint density at radius 1 is 1.60 bits per heavy atom. The molecule has 0 amide bonds. The Labute approximate surface area is 85.4 Å². The molecule has 1 aromatic carbocycles. The predicted octanol–water partition coefficient (Wildman–Crippen LogP) is 1.97. The van der Waals surface area contributed by atoms with Gasteiger partial charge in [-0.05, 0) is 25.1 Å². The average Bonchev–Trinajstić information content (AvgIpc) is 2.22. The molecule has 1 aromatic rings. The van der Waals surface area contributed by atoms with Crippen molar-refractivity contribution in [3.8, 4) is 0 Å². The summed E-state index contributed by atoms with van der Waals surface area (Å²) in [6.07, 6.45) is 1.21. The lowest BCUT2D eigenvalue weighted by Gasteiger charge is -2.02. The Morgan fingerprint density at radius 2 is 2.33 bits per heavy atom. The summed E-state index contributed by atoms with van der Waals surface area (Å²) in [5, 5.41) is 0. The van der Waals surface area contributed by atoms with E-state index in [1.165, 1.54) is 12.1 Å². The topological polar surface area (TPSA) is 55.7 Å². The summed E-state index contributed by atoms with van der Waals surface area (Å²) in [5.41, 5.74) is -0.0807. The lowest BCUT2D eigenvalue weighted by atomic mass is 10.2. The normalized spacial score (nSPS) is 9.20. The van der Waals surface area contributed by atoms with E-state index in [9.17, 15) is 14.0 Å². The molecule has 0 unspecified atom stereocenters. The molecule has 0 aromatic heterocycles. The first-order valence-corrected chi connectivity index (χ1v) is 4.23. The Bertz CT molecular complexity index is 425. The van der Waals surface area contributed by atoms with Crippen LogP contribution in [0.5, 0.6) is 0 Å². The first-order chi connectivity index (χ1) is 7.19. The molecule has 0 aliphatic carbocycles. The zero-order valence-corrected chi connectivity index (χ0v) is 7.99. The molecular weight excluding hydrogens is 201 g/mol. The first-order valence-electron chi connectivity index (χ1n) is 4.23. The summed E-state index contributed by atoms with van der Waals surface area (Å²) in [5.74, 6) is -1.27. The van der Waals surface area contributed by atoms with Crippen molar-refractivity contribution >= 4 is 17.7 Å². The van der Waals surface area contributed by atoms with Crippen LogP contribution in [0.15, 0.2) is 23.2 Å². The van der Waals surface area contributed by atoms with E-state index in [0.717, 1.165) is 12.1 Å². The monoisotopic (exact) mass is 209 g/mol. The zero-order chi connectivity index (χ0) is 11.3. The molecule has 15 heavy (non-hydrogen) atoms. The second-order valence-electron chi connectivity index (χ2n) is 2.59. The van der Waals surface area contributed by atoms with Crippen LogP contribution in [0.4, 0.5) is 10.1 Å². The second-order valence-corrected chi connectivity index (χ2v) is 2.59. The van der Waals surface area contributed by atoms with Crippen molar-refractivity contribution in [1.29, 1.82) is 0 Å². The van der Waals surface area contributed by atoms with Gasteiger partial charge in [-0.25, -0.2) is 14.0 Å². The summed E-state index contributed by atoms with van der Waals surface area (Å²) in [7, 11) is 0. The quantitative estimate of drug-likeness (QED) is 0.434. The third-order valence-corrected chi connectivity index (χ3v) is 1.62. The summed E-state index contributed by atoms with van der Waals surface area (Å²) in [4.78, 5) is 24.3. The van der Waals surface area contributed by atoms with Gasteiger partial charge in [0.15, 0.2) is 0 Å². The van der Waals surface area contributed by atoms with E-state index in [1.54, 1.807) is 6.92 Å². The Hall–Kier alpha value is -2.00. The van der Waals surface area contributed by atoms with Gasteiger partial charge in [0.05, 0.1) is 12.2 Å². The van der Waals surface area contributed by atoms with Gasteiger partial charge in [0.1, 0.15) is 11.5 Å². The molecule has 5 heteroatoms. The van der Waals surface area contributed by atoms with Gasteiger partial charge in [0.2, 0.25) is 6.08 Å². The lowest BCUT2D eigenvalue weighted by molar-refractivity contribution is 0.0526. The van der Waals surface area contributed by atoms with Gasteiger partial charge in [0.25, 0.3) is 0 Å². The third kappa shape index (κ3) is 2.72. The van der Waals surface area contributed by atoms with Crippen molar-refractivity contribution in [1.82, 2.24) is 0 Å². The van der Waals surface area contributed by atoms with Crippen LogP contribution in [-0.2, 0) is 9.53 Å². The Balaban J connectivity index is 3.07. The van der Waals surface area contributed by atoms with Crippen LogP contribution < -0.4 is 0 Å². The Morgan fingerprint density at radius 3 is 2.93 bits per heavy atom. The number of esters is 1. The van der Waals surface area contributed by atoms with Crippen LogP contribution in [0.25, 0.3) is 0 Å². The first kappa shape index (κ1) is 11.1. The largest absolute Gasteiger partial charge is 0.462 e. The van der Waals surface area contributed by atoms with E-state index in [0.29, 0.717) is 0 Å². The minimum atomic E-state index is -0.689. The van der Waals surface area contributed by atoms with E-state index < -0.39 is 11.8 Å². The van der Waals surface area contributed by atoms with E-state index in [2.05, 4.69) is 4.99 Å². The molecule has 78 valence electrons. The number of rotatable bonds is 3. The van der Waals surface area contributed by atoms with Gasteiger partial charge in [0, 0.05) is 0 Å². The van der Waals surface area contributed by atoms with E-state index in [1.807, 2.05) is 0 Å². The summed E-state index contributed by atoms with van der Waals surface area (Å²) in [6, 6.07) is 3.44. The van der Waals surface area contributed by atoms with Crippen molar-refractivity contribution < 1.29 is 18.7 Å². The fraction of sp³-hybridized carbons (Fsp3) is 0.200. The summed E-state index contributed by atoms with van der Waals surface area (Å²) in [6.45, 7) is 1.88. The van der Waals surface area contributed by atoms with Crippen molar-refractivity contribution in [3.05, 3.63) is 29.6 Å². The van der Waals surface area contributed by atoms with Crippen LogP contribution in [0.3, 0.4) is 0 Å². The molecule has 0 saturated carbocycles. The molecule has 0 radical (unpaired) electrons. The summed E-state index contributed by atoms with van der Waals surface area (Å²) >= 11 is 0. The number of benzene rings is 1. The van der Waals surface area contributed by atoms with Gasteiger partial charge >= 0.3 is 5.97 Å². The standard InChI is InChI=1S/C10H8FNO3/c1-2-15-10(14)7-3-4-8(11)9(5-7)12-6-13/h3-5H,2H2,1H3. The maximum Gasteiger partial charge on any atom is 0.338 e. The molecule has 0 atom stereocenters. The van der Waals surface area contributed by atoms with E-state index in [-0.39, 0.29) is 17.9 Å². The minimum absolute atomic E-state index is 0.146. The van der Waals surface area contributed by atoms with Crippen molar-refractivity contribution in [2.45, 2.75) is 6.92 Å². The molecule has 0 aliphatic rings. The maximum absolute atomic E-state index is 13.0. The Kier molecular flexibility index (Phi) is 3.71. The number of carbonyl (C=O) groups is 1. The smallest absolute Gasteiger partial charge is 0.338 e. The van der Waals surface area contributed by atoms with Crippen LogP contribution in [0, 0.1) is 5.82 Å². The zero-order valence-electron chi connectivity index (χ0n) is 7.99.